The molecule has 0 atom stereocenters. The van der Waals surface area contributed by atoms with E-state index in [-0.39, 0.29) is 5.41 Å². The first-order valence-corrected chi connectivity index (χ1v) is 7.63. The zero-order chi connectivity index (χ0) is 16.1. The van der Waals surface area contributed by atoms with E-state index in [1.807, 2.05) is 13.0 Å². The van der Waals surface area contributed by atoms with E-state index in [1.165, 1.54) is 5.56 Å². The Balaban J connectivity index is 2.14. The topological polar surface area (TPSA) is 43.3 Å². The van der Waals surface area contributed by atoms with Gasteiger partial charge in [-0.15, -0.1) is 0 Å². The van der Waals surface area contributed by atoms with Crippen molar-refractivity contribution in [2.75, 3.05) is 5.73 Å². The number of nitrogens with two attached hydrogens (primary N) is 1. The number of benzene rings is 1. The lowest BCUT2D eigenvalue weighted by molar-refractivity contribution is 0.590. The Bertz CT molecular complexity index is 834. The third-order valence-corrected chi connectivity index (χ3v) is 4.15. The van der Waals surface area contributed by atoms with Crippen LogP contribution in [0.3, 0.4) is 0 Å². The van der Waals surface area contributed by atoms with Gasteiger partial charge in [0.15, 0.2) is 5.65 Å². The van der Waals surface area contributed by atoms with Gasteiger partial charge in [0, 0.05) is 17.5 Å². The molecule has 3 heteroatoms. The summed E-state index contributed by atoms with van der Waals surface area (Å²) in [6.07, 6.45) is 2.08. The molecule has 1 aromatic carbocycles. The molecule has 3 nitrogen and oxygen atoms in total. The Morgan fingerprint density at radius 1 is 1.05 bits per heavy atom. The zero-order valence-electron chi connectivity index (χ0n) is 13.9. The second-order valence-corrected chi connectivity index (χ2v) is 7.04. The van der Waals surface area contributed by atoms with Gasteiger partial charge in [0.05, 0.1) is 11.4 Å². The van der Waals surface area contributed by atoms with Crippen molar-refractivity contribution >= 4 is 11.3 Å². The summed E-state index contributed by atoms with van der Waals surface area (Å²) < 4.78 is 2.08. The summed E-state index contributed by atoms with van der Waals surface area (Å²) >= 11 is 0. The van der Waals surface area contributed by atoms with Crippen molar-refractivity contribution in [2.45, 2.75) is 40.0 Å². The number of fused-ring (bicyclic) bond motifs is 1. The maximum atomic E-state index is 6.12. The number of hydrogen-bond donors (Lipinski definition) is 1. The number of nitrogens with zero attached hydrogens (tertiary/aromatic N) is 2. The number of imidazole rings is 1. The zero-order valence-corrected chi connectivity index (χ0v) is 13.9. The van der Waals surface area contributed by atoms with E-state index in [2.05, 4.69) is 62.6 Å². The van der Waals surface area contributed by atoms with Crippen LogP contribution in [-0.2, 0) is 5.41 Å². The Hall–Kier alpha value is -2.29. The maximum absolute atomic E-state index is 6.12. The normalized spacial score (nSPS) is 12.0. The average molecular weight is 293 g/mol. The fourth-order valence-corrected chi connectivity index (χ4v) is 2.83. The van der Waals surface area contributed by atoms with Crippen molar-refractivity contribution < 1.29 is 0 Å². The first kappa shape index (κ1) is 14.6. The molecule has 0 aliphatic carbocycles. The Labute approximate surface area is 131 Å². The van der Waals surface area contributed by atoms with Crippen LogP contribution in [0.2, 0.25) is 0 Å². The first-order chi connectivity index (χ1) is 10.3. The van der Waals surface area contributed by atoms with Gasteiger partial charge in [0.2, 0.25) is 0 Å². The lowest BCUT2D eigenvalue weighted by Crippen LogP contribution is -2.10. The molecule has 0 aliphatic heterocycles. The van der Waals surface area contributed by atoms with Crippen LogP contribution < -0.4 is 5.73 Å². The van der Waals surface area contributed by atoms with Crippen molar-refractivity contribution in [1.29, 1.82) is 0 Å². The van der Waals surface area contributed by atoms with Gasteiger partial charge in [0.1, 0.15) is 0 Å². The van der Waals surface area contributed by atoms with Gasteiger partial charge in [0.25, 0.3) is 0 Å². The van der Waals surface area contributed by atoms with E-state index in [0.29, 0.717) is 0 Å². The molecule has 0 aliphatic rings. The Kier molecular flexibility index (Phi) is 3.24. The summed E-state index contributed by atoms with van der Waals surface area (Å²) in [7, 11) is 0. The predicted molar refractivity (Wildman–Crippen MR) is 93.2 cm³/mol. The number of rotatable bonds is 1. The molecule has 0 amide bonds. The van der Waals surface area contributed by atoms with Crippen molar-refractivity contribution in [3.63, 3.8) is 0 Å². The number of anilines is 1. The summed E-state index contributed by atoms with van der Waals surface area (Å²) in [5.41, 5.74) is 13.5. The summed E-state index contributed by atoms with van der Waals surface area (Å²) in [5.74, 6) is 0. The standard InChI is InChI=1S/C19H23N3/c1-12-10-16(20)18-21-17(13(2)22(18)11-12)14-6-8-15(9-7-14)19(3,4)5/h6-11H,20H2,1-5H3. The largest absolute Gasteiger partial charge is 0.396 e. The highest BCUT2D eigenvalue weighted by atomic mass is 15.0. The number of aromatic nitrogens is 2. The molecular weight excluding hydrogens is 270 g/mol. The average Bonchev–Trinajstić information content (AvgIpc) is 2.76. The summed E-state index contributed by atoms with van der Waals surface area (Å²) in [6.45, 7) is 10.8. The van der Waals surface area contributed by atoms with Crippen molar-refractivity contribution in [1.82, 2.24) is 9.38 Å². The molecule has 114 valence electrons. The van der Waals surface area contributed by atoms with Gasteiger partial charge in [-0.2, -0.15) is 0 Å². The maximum Gasteiger partial charge on any atom is 0.160 e. The molecule has 0 spiro atoms. The number of aryl methyl sites for hydroxylation is 2. The molecule has 3 aromatic rings. The molecule has 2 N–H and O–H groups in total. The predicted octanol–water partition coefficient (Wildman–Crippen LogP) is 4.50. The minimum Gasteiger partial charge on any atom is -0.396 e. The van der Waals surface area contributed by atoms with E-state index in [9.17, 15) is 0 Å². The van der Waals surface area contributed by atoms with Crippen LogP contribution in [-0.4, -0.2) is 9.38 Å². The second-order valence-electron chi connectivity index (χ2n) is 7.04. The molecule has 0 radical (unpaired) electrons. The van der Waals surface area contributed by atoms with Gasteiger partial charge in [-0.25, -0.2) is 4.98 Å². The monoisotopic (exact) mass is 293 g/mol. The van der Waals surface area contributed by atoms with Gasteiger partial charge >= 0.3 is 0 Å². The molecular formula is C19H23N3. The van der Waals surface area contributed by atoms with Crippen LogP contribution in [0.25, 0.3) is 16.9 Å². The third-order valence-electron chi connectivity index (χ3n) is 4.15. The van der Waals surface area contributed by atoms with E-state index in [0.717, 1.165) is 33.8 Å². The van der Waals surface area contributed by atoms with Crippen LogP contribution in [0.4, 0.5) is 5.69 Å². The molecule has 22 heavy (non-hydrogen) atoms. The lowest BCUT2D eigenvalue weighted by atomic mass is 9.86. The minimum atomic E-state index is 0.161. The Morgan fingerprint density at radius 2 is 1.68 bits per heavy atom. The number of pyridine rings is 1. The molecule has 3 rings (SSSR count). The van der Waals surface area contributed by atoms with Crippen molar-refractivity contribution in [3.8, 4) is 11.3 Å². The number of nitrogen functional groups attached to an aromatic ring is 1. The van der Waals surface area contributed by atoms with Gasteiger partial charge in [-0.1, -0.05) is 45.0 Å². The molecule has 0 saturated carbocycles. The molecule has 0 saturated heterocycles. The van der Waals surface area contributed by atoms with Gasteiger partial charge < -0.3 is 10.1 Å². The second kappa shape index (κ2) is 4.87. The van der Waals surface area contributed by atoms with Crippen molar-refractivity contribution in [3.05, 3.63) is 53.3 Å². The van der Waals surface area contributed by atoms with Crippen LogP contribution in [0.15, 0.2) is 36.5 Å². The van der Waals surface area contributed by atoms with Crippen LogP contribution in [0.1, 0.15) is 37.6 Å². The fourth-order valence-electron chi connectivity index (χ4n) is 2.83. The minimum absolute atomic E-state index is 0.161. The lowest BCUT2D eigenvalue weighted by Gasteiger charge is -2.19. The summed E-state index contributed by atoms with van der Waals surface area (Å²) in [5, 5.41) is 0. The van der Waals surface area contributed by atoms with Crippen LogP contribution in [0, 0.1) is 13.8 Å². The van der Waals surface area contributed by atoms with E-state index < -0.39 is 0 Å². The molecule has 0 unspecified atom stereocenters. The molecule has 2 aromatic heterocycles. The molecule has 2 heterocycles. The van der Waals surface area contributed by atoms with Crippen LogP contribution in [0.5, 0.6) is 0 Å². The highest BCUT2D eigenvalue weighted by Gasteiger charge is 2.16. The van der Waals surface area contributed by atoms with E-state index in [4.69, 9.17) is 10.7 Å². The highest BCUT2D eigenvalue weighted by molar-refractivity contribution is 5.73. The SMILES string of the molecule is Cc1cc(N)c2nc(-c3ccc(C(C)(C)C)cc3)c(C)n2c1. The van der Waals surface area contributed by atoms with Crippen LogP contribution >= 0.6 is 0 Å². The smallest absolute Gasteiger partial charge is 0.160 e. The number of hydrogen-bond acceptors (Lipinski definition) is 2. The first-order valence-electron chi connectivity index (χ1n) is 7.63. The fraction of sp³-hybridized carbons (Fsp3) is 0.316. The van der Waals surface area contributed by atoms with E-state index in [1.54, 1.807) is 0 Å². The van der Waals surface area contributed by atoms with Gasteiger partial charge in [-0.3, -0.25) is 0 Å². The molecule has 0 bridgehead atoms. The van der Waals surface area contributed by atoms with Gasteiger partial charge in [-0.05, 0) is 36.5 Å². The van der Waals surface area contributed by atoms with E-state index >= 15 is 0 Å². The summed E-state index contributed by atoms with van der Waals surface area (Å²) in [4.78, 5) is 4.75. The molecule has 0 fully saturated rings. The highest BCUT2D eigenvalue weighted by Crippen LogP contribution is 2.29. The Morgan fingerprint density at radius 3 is 2.27 bits per heavy atom. The summed E-state index contributed by atoms with van der Waals surface area (Å²) in [6, 6.07) is 10.6. The third kappa shape index (κ3) is 2.37. The van der Waals surface area contributed by atoms with Crippen molar-refractivity contribution in [2.24, 2.45) is 0 Å². The quantitative estimate of drug-likeness (QED) is 0.718.